The number of rotatable bonds is 11. The predicted molar refractivity (Wildman–Crippen MR) is 255 cm³/mol. The monoisotopic (exact) mass is 1120 g/mol. The van der Waals surface area contributed by atoms with Crippen molar-refractivity contribution in [2.75, 3.05) is 25.0 Å². The van der Waals surface area contributed by atoms with E-state index in [0.29, 0.717) is 17.6 Å². The fourth-order valence-corrected chi connectivity index (χ4v) is 11.1. The molecule has 24 heteroatoms. The largest absolute Gasteiger partial charge is 0.534 e. The number of hydrogen-bond donors (Lipinski definition) is 1. The average Bonchev–Trinajstić information content (AvgIpc) is 3.30. The molecule has 2 aromatic rings. The van der Waals surface area contributed by atoms with E-state index in [4.69, 9.17) is 23.2 Å². The summed E-state index contributed by atoms with van der Waals surface area (Å²) in [4.78, 5) is 2.38. The van der Waals surface area contributed by atoms with Crippen LogP contribution in [0.1, 0.15) is 195 Å². The van der Waals surface area contributed by atoms with Crippen LogP contribution in [0, 0.1) is 0 Å². The van der Waals surface area contributed by atoms with Crippen molar-refractivity contribution < 1.29 is 77.7 Å². The zero-order valence-corrected chi connectivity index (χ0v) is 43.7. The van der Waals surface area contributed by atoms with Crippen LogP contribution < -0.4 is 4.18 Å². The van der Waals surface area contributed by atoms with Gasteiger partial charge in [-0.2, -0.15) is 64.8 Å². The Morgan fingerprint density at radius 3 is 0.929 bits per heavy atom. The zero-order chi connectivity index (χ0) is 53.0. The summed E-state index contributed by atoms with van der Waals surface area (Å²) in [7, 11) is -19.3. The van der Waals surface area contributed by atoms with Gasteiger partial charge in [0.2, 0.25) is 0 Å². The Kier molecular flexibility index (Phi) is 27.0. The molecular formula is C46H68Cl2F9NO9S3. The van der Waals surface area contributed by atoms with E-state index in [0.717, 1.165) is 62.5 Å². The maximum Gasteiger partial charge on any atom is 0.534 e. The van der Waals surface area contributed by atoms with Crippen LogP contribution >= 0.6 is 23.2 Å². The molecule has 4 aliphatic carbocycles. The molecule has 70 heavy (non-hydrogen) atoms. The highest BCUT2D eigenvalue weighted by Crippen LogP contribution is 2.42. The lowest BCUT2D eigenvalue weighted by Crippen LogP contribution is -2.34. The molecular weight excluding hydrogens is 1050 g/mol. The Bertz CT molecular complexity index is 2050. The lowest BCUT2D eigenvalue weighted by atomic mass is 9.80. The standard InChI is InChI=1S/C19H25F3O3S.C18H26O.C6H15N.C2F6O5S2.CH2Cl2/c20-19(21,22)26(23,24)25-18-12-16(14-7-3-1-4-8-14)11-17(13-18)15-9-5-2-6-10-15;19-18-12-16(14-7-3-1-4-8-14)11-17(13-18)15-9-5-2-6-10-15;1-4-7(5-2)6-3;3-1(4,5)14(9,10)13-15(11,12)2(6,7)8;2-1-3/h11-15H,1-10H2;11-15,19H,1-10H2;4-6H2,1-3H3;;1H2. The van der Waals surface area contributed by atoms with Crippen LogP contribution in [0.2, 0.25) is 0 Å². The number of phenols is 1. The number of aromatic hydroxyl groups is 1. The first-order chi connectivity index (χ1) is 32.6. The molecule has 0 amide bonds. The van der Waals surface area contributed by atoms with Crippen molar-refractivity contribution in [3.8, 4) is 11.5 Å². The van der Waals surface area contributed by atoms with Gasteiger partial charge in [0.1, 0.15) is 11.5 Å². The Morgan fingerprint density at radius 1 is 0.471 bits per heavy atom. The highest BCUT2D eigenvalue weighted by Gasteiger charge is 2.57. The molecule has 4 aliphatic rings. The molecule has 0 bridgehead atoms. The number of benzene rings is 2. The molecule has 0 aromatic heterocycles. The third-order valence-corrected chi connectivity index (χ3v) is 16.3. The SMILES string of the molecule is CCN(CC)CC.ClCCl.O=S(=O)(OS(=O)(=O)C(F)(F)F)C(F)(F)F.O=S(=O)(Oc1cc(C2CCCCC2)cc(C2CCCCC2)c1)C(F)(F)F.Oc1cc(C2CCCCC2)cc(C2CCCCC2)c1. The van der Waals surface area contributed by atoms with Crippen LogP contribution in [-0.4, -0.2) is 76.8 Å². The Hall–Kier alpha value is -2.24. The third kappa shape index (κ3) is 21.3. The summed E-state index contributed by atoms with van der Waals surface area (Å²) >= 11 is 9.53. The van der Waals surface area contributed by atoms with E-state index in [2.05, 4.69) is 42.0 Å². The van der Waals surface area contributed by atoms with Gasteiger partial charge in [-0.25, -0.2) is 0 Å². The van der Waals surface area contributed by atoms with Crippen molar-refractivity contribution >= 4 is 53.6 Å². The summed E-state index contributed by atoms with van der Waals surface area (Å²) in [6, 6.07) is 11.5. The first kappa shape index (κ1) is 63.9. The Morgan fingerprint density at radius 2 is 0.714 bits per heavy atom. The second-order valence-corrected chi connectivity index (χ2v) is 23.2. The second-order valence-electron chi connectivity index (χ2n) is 17.6. The first-order valence-electron chi connectivity index (χ1n) is 23.7. The van der Waals surface area contributed by atoms with Crippen molar-refractivity contribution in [1.29, 1.82) is 0 Å². The number of alkyl halides is 11. The lowest BCUT2D eigenvalue weighted by Gasteiger charge is -2.26. The molecule has 10 nitrogen and oxygen atoms in total. The van der Waals surface area contributed by atoms with Crippen molar-refractivity contribution in [3.05, 3.63) is 58.7 Å². The maximum absolute atomic E-state index is 12.7. The van der Waals surface area contributed by atoms with Crippen LogP contribution in [0.3, 0.4) is 0 Å². The topological polar surface area (TPSA) is 144 Å². The summed E-state index contributed by atoms with van der Waals surface area (Å²) in [6.07, 6.45) is 24.1. The molecule has 1 N–H and O–H groups in total. The Labute approximate surface area is 418 Å². The van der Waals surface area contributed by atoms with E-state index in [1.807, 2.05) is 15.8 Å². The number of hydrogen-bond acceptors (Lipinski definition) is 10. The minimum absolute atomic E-state index is 0.194. The molecule has 2 aromatic carbocycles. The van der Waals surface area contributed by atoms with Crippen LogP contribution in [0.25, 0.3) is 0 Å². The molecule has 4 saturated carbocycles. The number of nitrogens with zero attached hydrogens (tertiary/aromatic N) is 1. The molecule has 406 valence electrons. The quantitative estimate of drug-likeness (QED) is 0.0999. The van der Waals surface area contributed by atoms with Gasteiger partial charge in [-0.1, -0.05) is 110 Å². The van der Waals surface area contributed by atoms with Gasteiger partial charge in [0.05, 0.1) is 5.34 Å². The van der Waals surface area contributed by atoms with Crippen LogP contribution in [-0.2, 0) is 34.0 Å². The van der Waals surface area contributed by atoms with Crippen LogP contribution in [0.5, 0.6) is 11.5 Å². The molecule has 0 aliphatic heterocycles. The highest BCUT2D eigenvalue weighted by atomic mass is 35.5. The second kappa shape index (κ2) is 29.6. The van der Waals surface area contributed by atoms with Gasteiger partial charge in [0.25, 0.3) is 0 Å². The highest BCUT2D eigenvalue weighted by molar-refractivity contribution is 8.00. The molecule has 0 unspecified atom stereocenters. The smallest absolute Gasteiger partial charge is 0.508 e. The summed E-state index contributed by atoms with van der Waals surface area (Å²) < 4.78 is 176. The van der Waals surface area contributed by atoms with Crippen molar-refractivity contribution in [2.45, 2.75) is 189 Å². The fourth-order valence-electron chi connectivity index (χ4n) is 9.08. The van der Waals surface area contributed by atoms with Gasteiger partial charge in [0.15, 0.2) is 0 Å². The van der Waals surface area contributed by atoms with E-state index < -0.39 is 46.9 Å². The lowest BCUT2D eigenvalue weighted by molar-refractivity contribution is -0.0586. The molecule has 6 rings (SSSR count). The van der Waals surface area contributed by atoms with Crippen molar-refractivity contribution in [2.24, 2.45) is 0 Å². The predicted octanol–water partition coefficient (Wildman–Crippen LogP) is 15.0. The Balaban J connectivity index is 0.000000338. The first-order valence-corrected chi connectivity index (χ1v) is 29.0. The van der Waals surface area contributed by atoms with Gasteiger partial charge in [0, 0.05) is 0 Å². The minimum Gasteiger partial charge on any atom is -0.508 e. The van der Waals surface area contributed by atoms with Gasteiger partial charge >= 0.3 is 46.9 Å². The third-order valence-electron chi connectivity index (χ3n) is 12.8. The van der Waals surface area contributed by atoms with Crippen molar-refractivity contribution in [1.82, 2.24) is 4.90 Å². The zero-order valence-electron chi connectivity index (χ0n) is 39.8. The van der Waals surface area contributed by atoms with Crippen LogP contribution in [0.4, 0.5) is 39.5 Å². The van der Waals surface area contributed by atoms with E-state index in [9.17, 15) is 69.9 Å². The van der Waals surface area contributed by atoms with Gasteiger partial charge in [-0.15, -0.1) is 26.8 Å². The normalized spacial score (nSPS) is 18.4. The molecule has 0 atom stereocenters. The summed E-state index contributed by atoms with van der Waals surface area (Å²) in [5.74, 6) is 2.22. The molecule has 0 saturated heterocycles. The van der Waals surface area contributed by atoms with E-state index >= 15 is 0 Å². The molecule has 0 heterocycles. The van der Waals surface area contributed by atoms with E-state index in [-0.39, 0.29) is 22.9 Å². The maximum atomic E-state index is 12.7. The minimum atomic E-state index is -6.85. The molecule has 0 spiro atoms. The summed E-state index contributed by atoms with van der Waals surface area (Å²) in [5.41, 5.74) is -13.3. The van der Waals surface area contributed by atoms with Crippen LogP contribution in [0.15, 0.2) is 36.4 Å². The summed E-state index contributed by atoms with van der Waals surface area (Å²) in [6.45, 7) is 10.1. The van der Waals surface area contributed by atoms with Gasteiger partial charge in [-0.3, -0.25) is 0 Å². The van der Waals surface area contributed by atoms with E-state index in [1.54, 1.807) is 0 Å². The number of phenolic OH excluding ortho intramolecular Hbond substituents is 1. The van der Waals surface area contributed by atoms with Gasteiger partial charge in [-0.05, 0) is 141 Å². The fraction of sp³-hybridized carbons (Fsp3) is 0.739. The molecule has 4 fully saturated rings. The van der Waals surface area contributed by atoms with Crippen molar-refractivity contribution in [3.63, 3.8) is 0 Å². The molecule has 0 radical (unpaired) electrons. The number of halogens is 11. The van der Waals surface area contributed by atoms with E-state index in [1.165, 1.54) is 120 Å². The average molecular weight is 1120 g/mol. The summed E-state index contributed by atoms with van der Waals surface area (Å²) in [5, 5.41) is 10.2. The van der Waals surface area contributed by atoms with Gasteiger partial charge < -0.3 is 14.2 Å².